The van der Waals surface area contributed by atoms with Crippen LogP contribution in [0.15, 0.2) is 18.2 Å². The van der Waals surface area contributed by atoms with Crippen molar-refractivity contribution in [2.45, 2.75) is 25.8 Å². The van der Waals surface area contributed by atoms with E-state index >= 15 is 0 Å². The molecule has 1 saturated carbocycles. The zero-order valence-corrected chi connectivity index (χ0v) is 11.0. The molecule has 1 aromatic rings. The Kier molecular flexibility index (Phi) is 4.21. The van der Waals surface area contributed by atoms with Crippen LogP contribution in [0.4, 0.5) is 17.1 Å². The van der Waals surface area contributed by atoms with Gasteiger partial charge in [-0.1, -0.05) is 6.07 Å². The topological polar surface area (TPSA) is 78.6 Å². The van der Waals surface area contributed by atoms with E-state index in [4.69, 9.17) is 5.11 Å². The number of rotatable bonds is 7. The Morgan fingerprint density at radius 1 is 1.53 bits per heavy atom. The molecule has 0 aliphatic heterocycles. The zero-order valence-electron chi connectivity index (χ0n) is 11.0. The Morgan fingerprint density at radius 2 is 2.26 bits per heavy atom. The highest BCUT2D eigenvalue weighted by Crippen LogP contribution is 2.40. The van der Waals surface area contributed by atoms with Crippen molar-refractivity contribution < 1.29 is 10.0 Å². The third kappa shape index (κ3) is 2.96. The smallest absolute Gasteiger partial charge is 0.315 e. The maximum Gasteiger partial charge on any atom is 0.315 e. The summed E-state index contributed by atoms with van der Waals surface area (Å²) in [5.74, 6) is 0. The first-order valence-corrected chi connectivity index (χ1v) is 6.57. The first-order valence-electron chi connectivity index (χ1n) is 6.57. The predicted octanol–water partition coefficient (Wildman–Crippen LogP) is 1.99. The molecule has 104 valence electrons. The first-order chi connectivity index (χ1) is 9.19. The summed E-state index contributed by atoms with van der Waals surface area (Å²) in [6.45, 7) is 2.97. The fourth-order valence-corrected chi connectivity index (χ4v) is 2.28. The molecule has 0 saturated heterocycles. The van der Waals surface area contributed by atoms with Crippen LogP contribution in [0.5, 0.6) is 0 Å². The van der Waals surface area contributed by atoms with Crippen LogP contribution in [-0.4, -0.2) is 35.8 Å². The molecular formula is C13H19N3O3. The van der Waals surface area contributed by atoms with Crippen LogP contribution in [0.3, 0.4) is 0 Å². The second kappa shape index (κ2) is 5.88. The van der Waals surface area contributed by atoms with Crippen molar-refractivity contribution in [3.05, 3.63) is 28.3 Å². The van der Waals surface area contributed by atoms with Crippen molar-refractivity contribution in [3.8, 4) is 0 Å². The highest BCUT2D eigenvalue weighted by atomic mass is 16.6. The number of para-hydroxylation sites is 1. The lowest BCUT2D eigenvalue weighted by atomic mass is 10.2. The van der Waals surface area contributed by atoms with Crippen molar-refractivity contribution in [3.63, 3.8) is 0 Å². The second-order valence-electron chi connectivity index (χ2n) is 4.61. The summed E-state index contributed by atoms with van der Waals surface area (Å²) in [4.78, 5) is 12.9. The molecule has 0 spiro atoms. The maximum absolute atomic E-state index is 11.3. The lowest BCUT2D eigenvalue weighted by molar-refractivity contribution is -0.383. The number of hydrogen-bond donors (Lipinski definition) is 2. The van der Waals surface area contributed by atoms with E-state index < -0.39 is 0 Å². The molecule has 6 heteroatoms. The van der Waals surface area contributed by atoms with Crippen LogP contribution in [-0.2, 0) is 0 Å². The fraction of sp³-hybridized carbons (Fsp3) is 0.538. The summed E-state index contributed by atoms with van der Waals surface area (Å²) in [5, 5.41) is 23.5. The highest BCUT2D eigenvalue weighted by Gasteiger charge is 2.33. The van der Waals surface area contributed by atoms with Gasteiger partial charge in [-0.05, 0) is 31.9 Å². The largest absolute Gasteiger partial charge is 0.395 e. The molecule has 2 rings (SSSR count). The van der Waals surface area contributed by atoms with Crippen LogP contribution in [0.25, 0.3) is 0 Å². The number of benzene rings is 1. The van der Waals surface area contributed by atoms with E-state index in [1.165, 1.54) is 0 Å². The van der Waals surface area contributed by atoms with E-state index in [1.807, 2.05) is 17.9 Å². The van der Waals surface area contributed by atoms with Crippen molar-refractivity contribution in [2.75, 3.05) is 29.9 Å². The molecular weight excluding hydrogens is 246 g/mol. The summed E-state index contributed by atoms with van der Waals surface area (Å²) in [6.07, 6.45) is 2.06. The van der Waals surface area contributed by atoms with Gasteiger partial charge in [0.05, 0.1) is 11.5 Å². The number of aliphatic hydroxyl groups excluding tert-OH is 1. The predicted molar refractivity (Wildman–Crippen MR) is 74.7 cm³/mol. The van der Waals surface area contributed by atoms with E-state index in [0.29, 0.717) is 30.5 Å². The SMILES string of the molecule is CCNc1cccc(N(CCO)C2CC2)c1[N+](=O)[O-]. The van der Waals surface area contributed by atoms with Crippen LogP contribution >= 0.6 is 0 Å². The zero-order chi connectivity index (χ0) is 13.8. The second-order valence-corrected chi connectivity index (χ2v) is 4.61. The molecule has 0 heterocycles. The van der Waals surface area contributed by atoms with Crippen LogP contribution < -0.4 is 10.2 Å². The molecule has 2 N–H and O–H groups in total. The Balaban J connectivity index is 2.41. The molecule has 1 aliphatic rings. The molecule has 0 atom stereocenters. The Hall–Kier alpha value is -1.82. The third-order valence-electron chi connectivity index (χ3n) is 3.20. The van der Waals surface area contributed by atoms with Gasteiger partial charge in [0.25, 0.3) is 0 Å². The molecule has 19 heavy (non-hydrogen) atoms. The standard InChI is InChI=1S/C13H19N3O3/c1-2-14-11-4-3-5-12(13(11)16(18)19)15(8-9-17)10-6-7-10/h3-5,10,14,17H,2,6-9H2,1H3. The quantitative estimate of drug-likeness (QED) is 0.582. The summed E-state index contributed by atoms with van der Waals surface area (Å²) < 4.78 is 0. The first kappa shape index (κ1) is 13.6. The van der Waals surface area contributed by atoms with Crippen molar-refractivity contribution in [2.24, 2.45) is 0 Å². The molecule has 0 aromatic heterocycles. The summed E-state index contributed by atoms with van der Waals surface area (Å²) in [5.41, 5.74) is 1.23. The third-order valence-corrected chi connectivity index (χ3v) is 3.20. The Bertz CT molecular complexity index is 460. The summed E-state index contributed by atoms with van der Waals surface area (Å²) in [7, 11) is 0. The van der Waals surface area contributed by atoms with Crippen LogP contribution in [0.2, 0.25) is 0 Å². The molecule has 1 aliphatic carbocycles. The van der Waals surface area contributed by atoms with E-state index in [9.17, 15) is 10.1 Å². The number of hydrogen-bond acceptors (Lipinski definition) is 5. The van der Waals surface area contributed by atoms with Gasteiger partial charge >= 0.3 is 5.69 Å². The Morgan fingerprint density at radius 3 is 2.79 bits per heavy atom. The van der Waals surface area contributed by atoms with Crippen molar-refractivity contribution in [1.29, 1.82) is 0 Å². The van der Waals surface area contributed by atoms with Gasteiger partial charge in [-0.3, -0.25) is 10.1 Å². The molecule has 0 bridgehead atoms. The van der Waals surface area contributed by atoms with Crippen LogP contribution in [0.1, 0.15) is 19.8 Å². The van der Waals surface area contributed by atoms with E-state index in [0.717, 1.165) is 12.8 Å². The highest BCUT2D eigenvalue weighted by molar-refractivity contribution is 5.77. The molecule has 0 amide bonds. The van der Waals surface area contributed by atoms with Gasteiger partial charge in [-0.25, -0.2) is 0 Å². The number of nitrogens with zero attached hydrogens (tertiary/aromatic N) is 2. The lowest BCUT2D eigenvalue weighted by Crippen LogP contribution is -2.29. The van der Waals surface area contributed by atoms with E-state index in [-0.39, 0.29) is 17.2 Å². The minimum absolute atomic E-state index is 0.000905. The van der Waals surface area contributed by atoms with Gasteiger partial charge in [-0.2, -0.15) is 0 Å². The Labute approximate surface area is 112 Å². The molecule has 0 radical (unpaired) electrons. The number of nitro groups is 1. The van der Waals surface area contributed by atoms with Crippen LogP contribution in [0, 0.1) is 10.1 Å². The number of aliphatic hydroxyl groups is 1. The van der Waals surface area contributed by atoms with Gasteiger partial charge in [-0.15, -0.1) is 0 Å². The molecule has 0 unspecified atom stereocenters. The fourth-order valence-electron chi connectivity index (χ4n) is 2.28. The van der Waals surface area contributed by atoms with Crippen molar-refractivity contribution in [1.82, 2.24) is 0 Å². The van der Waals surface area contributed by atoms with Gasteiger partial charge in [0.15, 0.2) is 0 Å². The van der Waals surface area contributed by atoms with Gasteiger partial charge in [0.1, 0.15) is 11.4 Å². The summed E-state index contributed by atoms with van der Waals surface area (Å²) in [6, 6.07) is 5.61. The van der Waals surface area contributed by atoms with Gasteiger partial charge in [0, 0.05) is 19.1 Å². The van der Waals surface area contributed by atoms with E-state index in [2.05, 4.69) is 5.32 Å². The van der Waals surface area contributed by atoms with Gasteiger partial charge in [0.2, 0.25) is 0 Å². The van der Waals surface area contributed by atoms with Gasteiger partial charge < -0.3 is 15.3 Å². The molecule has 1 fully saturated rings. The van der Waals surface area contributed by atoms with E-state index in [1.54, 1.807) is 12.1 Å². The molecule has 1 aromatic carbocycles. The summed E-state index contributed by atoms with van der Waals surface area (Å²) >= 11 is 0. The monoisotopic (exact) mass is 265 g/mol. The minimum atomic E-state index is -0.347. The molecule has 6 nitrogen and oxygen atoms in total. The number of anilines is 2. The average molecular weight is 265 g/mol. The maximum atomic E-state index is 11.3. The average Bonchev–Trinajstić information content (AvgIpc) is 3.20. The minimum Gasteiger partial charge on any atom is -0.395 e. The normalized spacial score (nSPS) is 14.2. The number of nitrogens with one attached hydrogen (secondary N) is 1. The lowest BCUT2D eigenvalue weighted by Gasteiger charge is -2.24. The van der Waals surface area contributed by atoms with Crippen molar-refractivity contribution >= 4 is 17.1 Å². The number of nitro benzene ring substituents is 1.